The SMILES string of the molecule is C=CC(C)OCCC[Si](OC)(OC)OC. The van der Waals surface area contributed by atoms with E-state index in [0.29, 0.717) is 6.61 Å². The molecule has 0 radical (unpaired) electrons. The molecule has 0 rings (SSSR count). The third kappa shape index (κ3) is 5.43. The summed E-state index contributed by atoms with van der Waals surface area (Å²) in [5.41, 5.74) is 0. The van der Waals surface area contributed by atoms with Crippen molar-refractivity contribution in [1.29, 1.82) is 0 Å². The van der Waals surface area contributed by atoms with E-state index in [1.807, 2.05) is 6.92 Å². The van der Waals surface area contributed by atoms with Gasteiger partial charge in [0.1, 0.15) is 0 Å². The largest absolute Gasteiger partial charge is 0.500 e. The highest BCUT2D eigenvalue weighted by Gasteiger charge is 2.36. The van der Waals surface area contributed by atoms with Gasteiger partial charge in [0.25, 0.3) is 0 Å². The molecule has 0 aliphatic rings. The van der Waals surface area contributed by atoms with Gasteiger partial charge in [-0.1, -0.05) is 6.08 Å². The van der Waals surface area contributed by atoms with Gasteiger partial charge in [-0.25, -0.2) is 0 Å². The van der Waals surface area contributed by atoms with Crippen molar-refractivity contribution in [2.24, 2.45) is 0 Å². The molecule has 0 fully saturated rings. The van der Waals surface area contributed by atoms with Gasteiger partial charge in [-0.2, -0.15) is 0 Å². The Morgan fingerprint density at radius 3 is 2.13 bits per heavy atom. The van der Waals surface area contributed by atoms with Crippen LogP contribution >= 0.6 is 0 Å². The van der Waals surface area contributed by atoms with Crippen LogP contribution in [0.2, 0.25) is 6.04 Å². The molecule has 0 N–H and O–H groups in total. The van der Waals surface area contributed by atoms with Crippen molar-refractivity contribution in [2.45, 2.75) is 25.5 Å². The molecular formula is C10H22O4Si. The Hall–Kier alpha value is -0.203. The van der Waals surface area contributed by atoms with Gasteiger partial charge in [-0.3, -0.25) is 0 Å². The van der Waals surface area contributed by atoms with Gasteiger partial charge in [0.2, 0.25) is 0 Å². The van der Waals surface area contributed by atoms with E-state index in [2.05, 4.69) is 6.58 Å². The summed E-state index contributed by atoms with van der Waals surface area (Å²) in [6.07, 6.45) is 2.72. The normalized spacial score (nSPS) is 13.9. The van der Waals surface area contributed by atoms with E-state index in [0.717, 1.165) is 12.5 Å². The lowest BCUT2D eigenvalue weighted by Crippen LogP contribution is -2.42. The predicted molar refractivity (Wildman–Crippen MR) is 61.8 cm³/mol. The summed E-state index contributed by atoms with van der Waals surface area (Å²) in [6.45, 7) is 6.27. The Labute approximate surface area is 93.5 Å². The molecule has 1 unspecified atom stereocenters. The van der Waals surface area contributed by atoms with Crippen LogP contribution in [0.15, 0.2) is 12.7 Å². The molecule has 0 saturated carbocycles. The summed E-state index contributed by atoms with van der Waals surface area (Å²) in [5, 5.41) is 0. The van der Waals surface area contributed by atoms with E-state index >= 15 is 0 Å². The molecule has 0 spiro atoms. The van der Waals surface area contributed by atoms with Crippen molar-refractivity contribution < 1.29 is 18.0 Å². The van der Waals surface area contributed by atoms with E-state index in [1.54, 1.807) is 27.4 Å². The Bertz CT molecular complexity index is 163. The van der Waals surface area contributed by atoms with Crippen molar-refractivity contribution in [1.82, 2.24) is 0 Å². The first-order valence-corrected chi connectivity index (χ1v) is 6.97. The third-order valence-corrected chi connectivity index (χ3v) is 5.10. The second kappa shape index (κ2) is 8.01. The van der Waals surface area contributed by atoms with Crippen LogP contribution in [0.1, 0.15) is 13.3 Å². The van der Waals surface area contributed by atoms with E-state index in [9.17, 15) is 0 Å². The van der Waals surface area contributed by atoms with Crippen molar-refractivity contribution in [3.05, 3.63) is 12.7 Å². The van der Waals surface area contributed by atoms with Crippen molar-refractivity contribution in [3.63, 3.8) is 0 Å². The van der Waals surface area contributed by atoms with Crippen LogP contribution in [-0.2, 0) is 18.0 Å². The Balaban J connectivity index is 3.76. The maximum atomic E-state index is 5.46. The number of hydrogen-bond donors (Lipinski definition) is 0. The Kier molecular flexibility index (Phi) is 7.90. The fourth-order valence-electron chi connectivity index (χ4n) is 1.18. The van der Waals surface area contributed by atoms with E-state index in [4.69, 9.17) is 18.0 Å². The summed E-state index contributed by atoms with van der Waals surface area (Å²) >= 11 is 0. The smallest absolute Gasteiger partial charge is 0.377 e. The van der Waals surface area contributed by atoms with Gasteiger partial charge in [0.15, 0.2) is 0 Å². The van der Waals surface area contributed by atoms with Gasteiger partial charge >= 0.3 is 8.80 Å². The lowest BCUT2D eigenvalue weighted by Gasteiger charge is -2.24. The first-order valence-electron chi connectivity index (χ1n) is 5.03. The van der Waals surface area contributed by atoms with Crippen LogP contribution in [0.25, 0.3) is 0 Å². The highest BCUT2D eigenvalue weighted by molar-refractivity contribution is 6.60. The summed E-state index contributed by atoms with van der Waals surface area (Å²) in [7, 11) is 2.45. The lowest BCUT2D eigenvalue weighted by molar-refractivity contribution is 0.0870. The van der Waals surface area contributed by atoms with Gasteiger partial charge in [-0.05, 0) is 13.3 Å². The fourth-order valence-corrected chi connectivity index (χ4v) is 2.87. The molecule has 0 aliphatic carbocycles. The molecule has 4 nitrogen and oxygen atoms in total. The molecule has 0 saturated heterocycles. The quantitative estimate of drug-likeness (QED) is 0.346. The van der Waals surface area contributed by atoms with Crippen molar-refractivity contribution in [2.75, 3.05) is 27.9 Å². The van der Waals surface area contributed by atoms with E-state index in [1.165, 1.54) is 0 Å². The molecule has 15 heavy (non-hydrogen) atoms. The van der Waals surface area contributed by atoms with Crippen LogP contribution in [0.4, 0.5) is 0 Å². The second-order valence-corrected chi connectivity index (χ2v) is 6.30. The minimum absolute atomic E-state index is 0.0914. The molecule has 0 aromatic rings. The molecular weight excluding hydrogens is 212 g/mol. The lowest BCUT2D eigenvalue weighted by atomic mass is 10.4. The van der Waals surface area contributed by atoms with Gasteiger partial charge in [0.05, 0.1) is 6.10 Å². The summed E-state index contributed by atoms with van der Waals surface area (Å²) in [5.74, 6) is 0. The zero-order chi connectivity index (χ0) is 11.7. The molecule has 90 valence electrons. The topological polar surface area (TPSA) is 36.9 Å². The highest BCUT2D eigenvalue weighted by Crippen LogP contribution is 2.15. The first kappa shape index (κ1) is 14.8. The molecule has 0 aromatic carbocycles. The van der Waals surface area contributed by atoms with Crippen LogP contribution < -0.4 is 0 Å². The molecule has 0 amide bonds. The average Bonchev–Trinajstić information content (AvgIpc) is 2.30. The molecule has 0 aliphatic heterocycles. The fraction of sp³-hybridized carbons (Fsp3) is 0.800. The predicted octanol–water partition coefficient (Wildman–Crippen LogP) is 1.85. The van der Waals surface area contributed by atoms with E-state index in [-0.39, 0.29) is 6.10 Å². The number of rotatable bonds is 9. The monoisotopic (exact) mass is 234 g/mol. The Morgan fingerprint density at radius 1 is 1.20 bits per heavy atom. The summed E-state index contributed by atoms with van der Waals surface area (Å²) < 4.78 is 21.3. The van der Waals surface area contributed by atoms with Crippen molar-refractivity contribution in [3.8, 4) is 0 Å². The maximum Gasteiger partial charge on any atom is 0.500 e. The zero-order valence-corrected chi connectivity index (χ0v) is 11.1. The molecule has 1 atom stereocenters. The highest BCUT2D eigenvalue weighted by atomic mass is 28.4. The molecule has 0 heterocycles. The van der Waals surface area contributed by atoms with Crippen LogP contribution in [0.5, 0.6) is 0 Å². The zero-order valence-electron chi connectivity index (χ0n) is 10.1. The average molecular weight is 234 g/mol. The van der Waals surface area contributed by atoms with Gasteiger partial charge < -0.3 is 18.0 Å². The third-order valence-electron chi connectivity index (χ3n) is 2.27. The first-order chi connectivity index (χ1) is 7.14. The van der Waals surface area contributed by atoms with Crippen LogP contribution in [-0.4, -0.2) is 42.8 Å². The summed E-state index contributed by atoms with van der Waals surface area (Å²) in [6, 6.07) is 0.764. The van der Waals surface area contributed by atoms with Crippen molar-refractivity contribution >= 4 is 8.80 Å². The van der Waals surface area contributed by atoms with Crippen LogP contribution in [0, 0.1) is 0 Å². The minimum atomic E-state index is -2.41. The molecule has 5 heteroatoms. The van der Waals surface area contributed by atoms with Crippen LogP contribution in [0.3, 0.4) is 0 Å². The number of ether oxygens (including phenoxy) is 1. The van der Waals surface area contributed by atoms with E-state index < -0.39 is 8.80 Å². The minimum Gasteiger partial charge on any atom is -0.377 e. The standard InChI is InChI=1S/C10H22O4Si/c1-6-10(2)14-8-7-9-15(11-3,12-4)13-5/h6,10H,1,7-9H2,2-5H3. The van der Waals surface area contributed by atoms with Gasteiger partial charge in [-0.15, -0.1) is 6.58 Å². The molecule has 0 aromatic heterocycles. The second-order valence-electron chi connectivity index (χ2n) is 3.21. The molecule has 0 bridgehead atoms. The summed E-state index contributed by atoms with van der Waals surface area (Å²) in [4.78, 5) is 0. The maximum absolute atomic E-state index is 5.46. The number of hydrogen-bond acceptors (Lipinski definition) is 4. The van der Waals surface area contributed by atoms with Gasteiger partial charge in [0, 0.05) is 34.0 Å². The Morgan fingerprint density at radius 2 is 1.73 bits per heavy atom.